The molecule has 2 aromatic rings. The van der Waals surface area contributed by atoms with Crippen molar-refractivity contribution in [1.29, 1.82) is 0 Å². The van der Waals surface area contributed by atoms with E-state index < -0.39 is 12.1 Å². The highest BCUT2D eigenvalue weighted by Crippen LogP contribution is 2.39. The van der Waals surface area contributed by atoms with E-state index in [9.17, 15) is 9.59 Å². The van der Waals surface area contributed by atoms with E-state index in [-0.39, 0.29) is 29.9 Å². The molecule has 0 bridgehead atoms. The third-order valence-corrected chi connectivity index (χ3v) is 5.51. The molecule has 0 aliphatic rings. The lowest BCUT2D eigenvalue weighted by molar-refractivity contribution is 0.0712. The molecule has 0 aromatic heterocycles. The third-order valence-electron chi connectivity index (χ3n) is 5.51. The van der Waals surface area contributed by atoms with Crippen LogP contribution in [-0.4, -0.2) is 18.7 Å². The Hall–Kier alpha value is -2.82. The van der Waals surface area contributed by atoms with Gasteiger partial charge in [0, 0.05) is 5.56 Å². The molecule has 0 fully saturated rings. The summed E-state index contributed by atoms with van der Waals surface area (Å²) < 4.78 is 16.5. The van der Waals surface area contributed by atoms with Crippen LogP contribution in [0.1, 0.15) is 106 Å². The molecule has 0 radical (unpaired) electrons. The van der Waals surface area contributed by atoms with Gasteiger partial charge < -0.3 is 14.2 Å². The van der Waals surface area contributed by atoms with Crippen LogP contribution >= 0.6 is 0 Å². The molecule has 0 N–H and O–H groups in total. The molecule has 0 heterocycles. The zero-order chi connectivity index (χ0) is 24.4. The Labute approximate surface area is 198 Å². The van der Waals surface area contributed by atoms with E-state index in [4.69, 9.17) is 14.2 Å². The Morgan fingerprint density at radius 3 is 2.09 bits per heavy atom. The van der Waals surface area contributed by atoms with Crippen LogP contribution in [0.3, 0.4) is 0 Å². The number of unbranched alkanes of at least 4 members (excludes halogenated alkanes) is 2. The van der Waals surface area contributed by atoms with Crippen molar-refractivity contribution in [1.82, 2.24) is 0 Å². The van der Waals surface area contributed by atoms with Gasteiger partial charge in [-0.05, 0) is 60.4 Å². The fourth-order valence-corrected chi connectivity index (χ4v) is 3.35. The Morgan fingerprint density at radius 1 is 0.848 bits per heavy atom. The van der Waals surface area contributed by atoms with Crippen LogP contribution in [0.2, 0.25) is 0 Å². The van der Waals surface area contributed by atoms with Gasteiger partial charge in [-0.1, -0.05) is 72.6 Å². The van der Waals surface area contributed by atoms with E-state index in [0.29, 0.717) is 5.56 Å². The largest absolute Gasteiger partial charge is 0.513 e. The van der Waals surface area contributed by atoms with Crippen LogP contribution in [0.15, 0.2) is 36.4 Å². The zero-order valence-corrected chi connectivity index (χ0v) is 20.9. The summed E-state index contributed by atoms with van der Waals surface area (Å²) in [5.41, 5.74) is 3.45. The second-order valence-corrected chi connectivity index (χ2v) is 8.99. The minimum Gasteiger partial charge on any atom is -0.434 e. The Balaban J connectivity index is 2.35. The van der Waals surface area contributed by atoms with Gasteiger partial charge in [0.25, 0.3) is 0 Å². The first-order valence-electron chi connectivity index (χ1n) is 12.1. The van der Waals surface area contributed by atoms with Crippen LogP contribution in [0.5, 0.6) is 11.5 Å². The molecule has 180 valence electrons. The fourth-order valence-electron chi connectivity index (χ4n) is 3.35. The molecule has 0 saturated carbocycles. The van der Waals surface area contributed by atoms with Crippen LogP contribution in [0.4, 0.5) is 4.79 Å². The second kappa shape index (κ2) is 13.0. The number of rotatable bonds is 11. The standard InChI is InChI=1S/C28H38O5/c1-7-9-11-21-12-14-22(15-13-21)27(29)33-26-24(20(5)6)17-23(19(3)4)18-25(26)32-28(30)31-16-10-8-2/h12-15,17-20H,7-11,16H2,1-6H3. The van der Waals surface area contributed by atoms with Crippen molar-refractivity contribution in [2.24, 2.45) is 0 Å². The SMILES string of the molecule is CCCCOC(=O)Oc1cc(C(C)C)cc(C(C)C)c1OC(=O)c1ccc(CCCC)cc1. The molecule has 5 heteroatoms. The highest BCUT2D eigenvalue weighted by atomic mass is 16.7. The van der Waals surface area contributed by atoms with E-state index in [2.05, 4.69) is 20.8 Å². The lowest BCUT2D eigenvalue weighted by Gasteiger charge is -2.20. The molecule has 2 aromatic carbocycles. The van der Waals surface area contributed by atoms with Crippen LogP contribution in [0, 0.1) is 0 Å². The van der Waals surface area contributed by atoms with E-state index in [0.717, 1.165) is 43.2 Å². The van der Waals surface area contributed by atoms with Crippen molar-refractivity contribution in [3.05, 3.63) is 58.7 Å². The summed E-state index contributed by atoms with van der Waals surface area (Å²) in [6.45, 7) is 12.6. The van der Waals surface area contributed by atoms with Gasteiger partial charge in [-0.3, -0.25) is 0 Å². The van der Waals surface area contributed by atoms with E-state index >= 15 is 0 Å². The number of esters is 1. The number of benzene rings is 2. The van der Waals surface area contributed by atoms with Crippen molar-refractivity contribution in [3.8, 4) is 11.5 Å². The van der Waals surface area contributed by atoms with Gasteiger partial charge in [0.15, 0.2) is 11.5 Å². The number of ether oxygens (including phenoxy) is 3. The molecule has 0 saturated heterocycles. The number of carbonyl (C=O) groups excluding carboxylic acids is 2. The van der Waals surface area contributed by atoms with Crippen molar-refractivity contribution < 1.29 is 23.8 Å². The molecular formula is C28H38O5. The third kappa shape index (κ3) is 7.92. The van der Waals surface area contributed by atoms with Crippen LogP contribution in [-0.2, 0) is 11.2 Å². The van der Waals surface area contributed by atoms with Crippen LogP contribution < -0.4 is 9.47 Å². The maximum Gasteiger partial charge on any atom is 0.513 e. The number of aryl methyl sites for hydroxylation is 1. The maximum atomic E-state index is 13.0. The molecule has 0 aliphatic carbocycles. The fraction of sp³-hybridized carbons (Fsp3) is 0.500. The number of carbonyl (C=O) groups is 2. The van der Waals surface area contributed by atoms with Gasteiger partial charge in [0.05, 0.1) is 12.2 Å². The lowest BCUT2D eigenvalue weighted by Crippen LogP contribution is -2.16. The first kappa shape index (κ1) is 26.4. The predicted octanol–water partition coefficient (Wildman–Crippen LogP) is 7.81. The second-order valence-electron chi connectivity index (χ2n) is 8.99. The van der Waals surface area contributed by atoms with Crippen molar-refractivity contribution in [3.63, 3.8) is 0 Å². The van der Waals surface area contributed by atoms with Crippen molar-refractivity contribution in [2.45, 2.75) is 85.5 Å². The molecule has 0 aliphatic heterocycles. The van der Waals surface area contributed by atoms with Gasteiger partial charge in [-0.15, -0.1) is 0 Å². The monoisotopic (exact) mass is 454 g/mol. The van der Waals surface area contributed by atoms with E-state index in [1.54, 1.807) is 18.2 Å². The normalized spacial score (nSPS) is 11.0. The molecule has 5 nitrogen and oxygen atoms in total. The Morgan fingerprint density at radius 2 is 1.52 bits per heavy atom. The summed E-state index contributed by atoms with van der Waals surface area (Å²) in [6, 6.07) is 11.3. The molecular weight excluding hydrogens is 416 g/mol. The highest BCUT2D eigenvalue weighted by molar-refractivity contribution is 5.91. The first-order valence-corrected chi connectivity index (χ1v) is 12.1. The van der Waals surface area contributed by atoms with Gasteiger partial charge >= 0.3 is 12.1 Å². The van der Waals surface area contributed by atoms with E-state index in [1.165, 1.54) is 5.56 Å². The van der Waals surface area contributed by atoms with Crippen LogP contribution in [0.25, 0.3) is 0 Å². The number of hydrogen-bond donors (Lipinski definition) is 0. The molecule has 0 atom stereocenters. The highest BCUT2D eigenvalue weighted by Gasteiger charge is 2.23. The first-order chi connectivity index (χ1) is 15.8. The summed E-state index contributed by atoms with van der Waals surface area (Å²) in [5, 5.41) is 0. The van der Waals surface area contributed by atoms with E-state index in [1.807, 2.05) is 39.0 Å². The molecule has 2 rings (SSSR count). The molecule has 0 amide bonds. The topological polar surface area (TPSA) is 61.8 Å². The minimum atomic E-state index is -0.795. The maximum absolute atomic E-state index is 13.0. The zero-order valence-electron chi connectivity index (χ0n) is 20.9. The summed E-state index contributed by atoms with van der Waals surface area (Å²) in [5.74, 6) is 0.254. The average Bonchev–Trinajstić information content (AvgIpc) is 2.78. The van der Waals surface area contributed by atoms with Crippen molar-refractivity contribution >= 4 is 12.1 Å². The van der Waals surface area contributed by atoms with Gasteiger partial charge in [-0.25, -0.2) is 9.59 Å². The Kier molecular flexibility index (Phi) is 10.4. The van der Waals surface area contributed by atoms with Gasteiger partial charge in [0.1, 0.15) is 0 Å². The smallest absolute Gasteiger partial charge is 0.434 e. The molecule has 0 spiro atoms. The Bertz CT molecular complexity index is 913. The number of hydrogen-bond acceptors (Lipinski definition) is 5. The van der Waals surface area contributed by atoms with Crippen molar-refractivity contribution in [2.75, 3.05) is 6.61 Å². The predicted molar refractivity (Wildman–Crippen MR) is 132 cm³/mol. The minimum absolute atomic E-state index is 0.0568. The lowest BCUT2D eigenvalue weighted by atomic mass is 9.94. The van der Waals surface area contributed by atoms with Gasteiger partial charge in [-0.2, -0.15) is 0 Å². The average molecular weight is 455 g/mol. The summed E-state index contributed by atoms with van der Waals surface area (Å²) in [6.07, 6.45) is 4.09. The summed E-state index contributed by atoms with van der Waals surface area (Å²) in [4.78, 5) is 25.3. The summed E-state index contributed by atoms with van der Waals surface area (Å²) in [7, 11) is 0. The molecule has 33 heavy (non-hydrogen) atoms. The molecule has 0 unspecified atom stereocenters. The van der Waals surface area contributed by atoms with Gasteiger partial charge in [0.2, 0.25) is 0 Å². The quantitative estimate of drug-likeness (QED) is 0.150. The summed E-state index contributed by atoms with van der Waals surface area (Å²) >= 11 is 0.